The molecule has 0 fully saturated rings. The van der Waals surface area contributed by atoms with E-state index in [9.17, 15) is 0 Å². The highest BCUT2D eigenvalue weighted by Crippen LogP contribution is 2.49. The molecule has 0 spiro atoms. The van der Waals surface area contributed by atoms with E-state index in [1.54, 1.807) is 0 Å². The highest BCUT2D eigenvalue weighted by Gasteiger charge is 2.29. The minimum absolute atomic E-state index is 0.570. The average molecular weight is 633 g/mol. The minimum Gasteiger partial charge on any atom is -0.437 e. The second-order valence-corrected chi connectivity index (χ2v) is 13.3. The fraction of sp³-hybridized carbons (Fsp3) is 0. The number of hydrogen-bond donors (Lipinski definition) is 0. The lowest BCUT2D eigenvalue weighted by Gasteiger charge is -2.20. The first-order valence-corrected chi connectivity index (χ1v) is 16.8. The van der Waals surface area contributed by atoms with Crippen molar-refractivity contribution in [2.75, 3.05) is 0 Å². The van der Waals surface area contributed by atoms with Crippen molar-refractivity contribution < 1.29 is 4.42 Å². The molecule has 10 aromatic rings. The summed E-state index contributed by atoms with van der Waals surface area (Å²) in [5.74, 6) is 0.575. The highest BCUT2D eigenvalue weighted by atomic mass is 32.2. The van der Waals surface area contributed by atoms with Crippen LogP contribution in [0.25, 0.3) is 88.9 Å². The maximum absolute atomic E-state index is 6.50. The molecule has 0 unspecified atom stereocenters. The second kappa shape index (κ2) is 9.70. The molecule has 0 bridgehead atoms. The molecule has 0 atom stereocenters. The van der Waals surface area contributed by atoms with E-state index in [-0.39, 0.29) is 0 Å². The molecule has 4 aromatic heterocycles. The molecule has 1 aliphatic heterocycles. The van der Waals surface area contributed by atoms with E-state index in [4.69, 9.17) is 14.4 Å². The lowest BCUT2D eigenvalue weighted by atomic mass is 10.0. The van der Waals surface area contributed by atoms with Crippen molar-refractivity contribution in [1.82, 2.24) is 19.1 Å². The smallest absolute Gasteiger partial charge is 0.239 e. The van der Waals surface area contributed by atoms with Crippen LogP contribution in [0.5, 0.6) is 0 Å². The molecule has 5 heterocycles. The van der Waals surface area contributed by atoms with Crippen molar-refractivity contribution in [1.29, 1.82) is 0 Å². The van der Waals surface area contributed by atoms with Crippen molar-refractivity contribution in [2.45, 2.75) is 9.79 Å². The van der Waals surface area contributed by atoms with Gasteiger partial charge in [0.15, 0.2) is 0 Å². The number of benzene rings is 6. The molecule has 6 aromatic carbocycles. The van der Waals surface area contributed by atoms with Gasteiger partial charge in [0.05, 0.1) is 27.8 Å². The third-order valence-corrected chi connectivity index (χ3v) is 10.7. The number of aromatic nitrogens is 4. The molecule has 0 saturated carbocycles. The third kappa shape index (κ3) is 3.52. The van der Waals surface area contributed by atoms with Crippen molar-refractivity contribution in [2.24, 2.45) is 0 Å². The Kier molecular flexibility index (Phi) is 5.26. The Hall–Kier alpha value is -6.11. The van der Waals surface area contributed by atoms with Crippen LogP contribution in [-0.2, 0) is 0 Å². The lowest BCUT2D eigenvalue weighted by molar-refractivity contribution is 0.651. The first-order chi connectivity index (χ1) is 23.8. The van der Waals surface area contributed by atoms with Crippen LogP contribution in [-0.4, -0.2) is 19.1 Å². The summed E-state index contributed by atoms with van der Waals surface area (Å²) in [6.45, 7) is 0. The van der Waals surface area contributed by atoms with Crippen LogP contribution >= 0.6 is 11.8 Å². The molecule has 0 saturated heterocycles. The van der Waals surface area contributed by atoms with Gasteiger partial charge in [-0.3, -0.25) is 9.13 Å². The Balaban J connectivity index is 1.26. The second-order valence-electron chi connectivity index (χ2n) is 12.2. The fourth-order valence-corrected chi connectivity index (χ4v) is 8.59. The standard InChI is InChI=1S/C42H24N4OS/c1-2-11-25(12-3-1)26-21-23-27(24-22-26)38-37-29-14-5-8-18-33(29)47-40(37)44-42(43-38)46-31-16-6-4-13-28(31)36-30-15-10-20-35-39(30)45(41(36)46)32-17-7-9-19-34(32)48-35/h1-24H. The van der Waals surface area contributed by atoms with Crippen LogP contribution in [0.15, 0.2) is 160 Å². The maximum atomic E-state index is 6.50. The molecule has 5 nitrogen and oxygen atoms in total. The van der Waals surface area contributed by atoms with Crippen LogP contribution in [0.3, 0.4) is 0 Å². The van der Waals surface area contributed by atoms with Gasteiger partial charge in [0.25, 0.3) is 0 Å². The largest absolute Gasteiger partial charge is 0.437 e. The van der Waals surface area contributed by atoms with E-state index < -0.39 is 0 Å². The van der Waals surface area contributed by atoms with Gasteiger partial charge in [-0.15, -0.1) is 0 Å². The fourth-order valence-electron chi connectivity index (χ4n) is 7.50. The van der Waals surface area contributed by atoms with Crippen molar-refractivity contribution in [3.05, 3.63) is 146 Å². The highest BCUT2D eigenvalue weighted by molar-refractivity contribution is 7.99. The number of furan rings is 1. The van der Waals surface area contributed by atoms with Gasteiger partial charge in [-0.2, -0.15) is 4.98 Å². The van der Waals surface area contributed by atoms with Crippen LogP contribution in [0.1, 0.15) is 0 Å². The molecule has 6 heteroatoms. The zero-order valence-corrected chi connectivity index (χ0v) is 26.3. The summed E-state index contributed by atoms with van der Waals surface area (Å²) in [5, 5.41) is 5.51. The molecule has 1 aliphatic rings. The van der Waals surface area contributed by atoms with E-state index >= 15 is 0 Å². The number of nitrogens with zero attached hydrogens (tertiary/aromatic N) is 4. The Labute approximate surface area is 278 Å². The molecule has 11 rings (SSSR count). The number of fused-ring (bicyclic) bond motifs is 10. The average Bonchev–Trinajstić information content (AvgIpc) is 3.80. The first kappa shape index (κ1) is 26.0. The molecular formula is C42H24N4OS. The zero-order chi connectivity index (χ0) is 31.3. The predicted octanol–water partition coefficient (Wildman–Crippen LogP) is 11.2. The van der Waals surface area contributed by atoms with Crippen LogP contribution in [0, 0.1) is 0 Å². The van der Waals surface area contributed by atoms with Crippen molar-refractivity contribution in [3.8, 4) is 34.0 Å². The zero-order valence-electron chi connectivity index (χ0n) is 25.5. The van der Waals surface area contributed by atoms with Gasteiger partial charge in [0.2, 0.25) is 11.7 Å². The van der Waals surface area contributed by atoms with Gasteiger partial charge < -0.3 is 4.42 Å². The Morgan fingerprint density at radius 3 is 2.08 bits per heavy atom. The van der Waals surface area contributed by atoms with Gasteiger partial charge in [-0.1, -0.05) is 127 Å². The molecule has 0 radical (unpaired) electrons. The van der Waals surface area contributed by atoms with Crippen molar-refractivity contribution >= 4 is 66.7 Å². The summed E-state index contributed by atoms with van der Waals surface area (Å²) >= 11 is 1.83. The van der Waals surface area contributed by atoms with Gasteiger partial charge in [-0.25, -0.2) is 4.98 Å². The van der Waals surface area contributed by atoms with Crippen molar-refractivity contribution in [3.63, 3.8) is 0 Å². The monoisotopic (exact) mass is 632 g/mol. The summed E-state index contributed by atoms with van der Waals surface area (Å²) < 4.78 is 11.1. The van der Waals surface area contributed by atoms with E-state index in [0.717, 1.165) is 50.0 Å². The summed E-state index contributed by atoms with van der Waals surface area (Å²) in [7, 11) is 0. The number of para-hydroxylation sites is 4. The third-order valence-electron chi connectivity index (χ3n) is 9.57. The minimum atomic E-state index is 0.570. The van der Waals surface area contributed by atoms with Gasteiger partial charge in [0.1, 0.15) is 11.2 Å². The first-order valence-electron chi connectivity index (χ1n) is 16.0. The molecule has 224 valence electrons. The van der Waals surface area contributed by atoms with Gasteiger partial charge in [-0.05, 0) is 41.5 Å². The van der Waals surface area contributed by atoms with Gasteiger partial charge >= 0.3 is 0 Å². The van der Waals surface area contributed by atoms with E-state index in [2.05, 4.69) is 130 Å². The topological polar surface area (TPSA) is 48.8 Å². The lowest BCUT2D eigenvalue weighted by Crippen LogP contribution is -2.08. The molecule has 0 aliphatic carbocycles. The quantitative estimate of drug-likeness (QED) is 0.194. The van der Waals surface area contributed by atoms with Crippen LogP contribution in [0.2, 0.25) is 0 Å². The van der Waals surface area contributed by atoms with E-state index in [1.807, 2.05) is 36.0 Å². The Morgan fingerprint density at radius 2 is 1.19 bits per heavy atom. The predicted molar refractivity (Wildman–Crippen MR) is 195 cm³/mol. The summed E-state index contributed by atoms with van der Waals surface area (Å²) in [6, 6.07) is 51.1. The summed E-state index contributed by atoms with van der Waals surface area (Å²) in [4.78, 5) is 13.1. The van der Waals surface area contributed by atoms with E-state index in [0.29, 0.717) is 11.7 Å². The summed E-state index contributed by atoms with van der Waals surface area (Å²) in [5.41, 5.74) is 10.0. The van der Waals surface area contributed by atoms with Crippen LogP contribution in [0.4, 0.5) is 0 Å². The Bertz CT molecular complexity index is 2920. The van der Waals surface area contributed by atoms with E-state index in [1.165, 1.54) is 37.0 Å². The normalized spacial score (nSPS) is 12.5. The molecule has 0 amide bonds. The SMILES string of the molecule is c1ccc(-c2ccc(-c3nc(-n4c5ccccc5c5c6cccc7c6n(c54)-c4ccccc4S7)nc4oc5ccccc5c34)cc2)cc1. The van der Waals surface area contributed by atoms with Gasteiger partial charge in [0, 0.05) is 36.9 Å². The molecule has 0 N–H and O–H groups in total. The molecule has 48 heavy (non-hydrogen) atoms. The Morgan fingerprint density at radius 1 is 0.500 bits per heavy atom. The van der Waals surface area contributed by atoms with Crippen LogP contribution < -0.4 is 0 Å². The maximum Gasteiger partial charge on any atom is 0.239 e. The number of rotatable bonds is 3. The number of hydrogen-bond acceptors (Lipinski definition) is 4. The molecular weight excluding hydrogens is 609 g/mol. The summed E-state index contributed by atoms with van der Waals surface area (Å²) in [6.07, 6.45) is 0.